The molecule has 1 heterocycles. The van der Waals surface area contributed by atoms with E-state index in [4.69, 9.17) is 9.47 Å². The van der Waals surface area contributed by atoms with Gasteiger partial charge in [-0.05, 0) is 6.92 Å². The predicted molar refractivity (Wildman–Crippen MR) is 55.5 cm³/mol. The molecule has 5 nitrogen and oxygen atoms in total. The predicted octanol–water partition coefficient (Wildman–Crippen LogP) is 2.06. The summed E-state index contributed by atoms with van der Waals surface area (Å²) in [6.45, 7) is 2.04. The number of ether oxygens (including phenoxy) is 2. The molecule has 0 saturated carbocycles. The van der Waals surface area contributed by atoms with Gasteiger partial charge in [0, 0.05) is 5.56 Å². The number of rotatable bonds is 3. The molecule has 0 bridgehead atoms. The first-order valence-electron chi connectivity index (χ1n) is 5.08. The minimum atomic E-state index is -0.926. The topological polar surface area (TPSA) is 60.2 Å². The van der Waals surface area contributed by atoms with Gasteiger partial charge in [-0.2, -0.15) is 5.11 Å². The monoisotopic (exact) mass is 220 g/mol. The highest BCUT2D eigenvalue weighted by molar-refractivity contribution is 5.74. The fourth-order valence-corrected chi connectivity index (χ4v) is 1.38. The average Bonchev–Trinajstić information content (AvgIpc) is 2.80. The molecule has 2 rings (SSSR count). The highest BCUT2D eigenvalue weighted by Gasteiger charge is 2.30. The molecule has 1 aliphatic rings. The second-order valence-corrected chi connectivity index (χ2v) is 3.23. The molecular weight excluding hydrogens is 208 g/mol. The molecule has 0 saturated heterocycles. The average molecular weight is 220 g/mol. The van der Waals surface area contributed by atoms with Gasteiger partial charge in [-0.15, -0.1) is 5.11 Å². The van der Waals surface area contributed by atoms with Crippen molar-refractivity contribution in [1.82, 2.24) is 0 Å². The Labute approximate surface area is 93.1 Å². The molecule has 0 N–H and O–H groups in total. The van der Waals surface area contributed by atoms with Crippen LogP contribution in [0.15, 0.2) is 40.6 Å². The smallest absolute Gasteiger partial charge is 0.360 e. The summed E-state index contributed by atoms with van der Waals surface area (Å²) in [7, 11) is 0. The van der Waals surface area contributed by atoms with Crippen molar-refractivity contribution in [2.45, 2.75) is 19.4 Å². The summed E-state index contributed by atoms with van der Waals surface area (Å²) in [5.74, 6) is -0.496. The van der Waals surface area contributed by atoms with E-state index in [1.807, 2.05) is 30.3 Å². The Kier molecular flexibility index (Phi) is 3.26. The fourth-order valence-electron chi connectivity index (χ4n) is 1.38. The van der Waals surface area contributed by atoms with Crippen LogP contribution < -0.4 is 0 Å². The van der Waals surface area contributed by atoms with Crippen molar-refractivity contribution in [1.29, 1.82) is 0 Å². The second-order valence-electron chi connectivity index (χ2n) is 3.23. The van der Waals surface area contributed by atoms with Crippen molar-refractivity contribution < 1.29 is 14.3 Å². The van der Waals surface area contributed by atoms with Crippen molar-refractivity contribution >= 4 is 5.97 Å². The van der Waals surface area contributed by atoms with E-state index < -0.39 is 18.4 Å². The normalized spacial score (nSPS) is 23.3. The van der Waals surface area contributed by atoms with Crippen LogP contribution in [-0.2, 0) is 14.3 Å². The minimum Gasteiger partial charge on any atom is -0.463 e. The Bertz CT molecular complexity index is 391. The molecule has 1 aliphatic heterocycles. The van der Waals surface area contributed by atoms with E-state index in [-0.39, 0.29) is 0 Å². The molecule has 0 aliphatic carbocycles. The third kappa shape index (κ3) is 2.25. The van der Waals surface area contributed by atoms with E-state index in [1.165, 1.54) is 0 Å². The molecule has 0 fully saturated rings. The number of hydrogen-bond acceptors (Lipinski definition) is 5. The Hall–Kier alpha value is -1.75. The number of carbonyl (C=O) groups is 1. The highest BCUT2D eigenvalue weighted by atomic mass is 16.6. The summed E-state index contributed by atoms with van der Waals surface area (Å²) >= 11 is 0. The number of esters is 1. The summed E-state index contributed by atoms with van der Waals surface area (Å²) in [6, 6.07) is 9.41. The summed E-state index contributed by atoms with van der Waals surface area (Å²) in [5, 5.41) is 7.63. The van der Waals surface area contributed by atoms with Gasteiger partial charge in [-0.1, -0.05) is 30.3 Å². The molecular formula is C11H12N2O3. The van der Waals surface area contributed by atoms with Crippen LogP contribution >= 0.6 is 0 Å². The summed E-state index contributed by atoms with van der Waals surface area (Å²) in [5.41, 5.74) is 0.873. The molecule has 2 unspecified atom stereocenters. The standard InChI is InChI=1S/C11H12N2O3/c1-2-15-11(14)10-13-12-9(16-10)8-6-4-3-5-7-8/h3-7,9-10H,2H2,1H3. The van der Waals surface area contributed by atoms with E-state index in [9.17, 15) is 4.79 Å². The lowest BCUT2D eigenvalue weighted by atomic mass is 10.2. The van der Waals surface area contributed by atoms with Crippen LogP contribution in [0.4, 0.5) is 0 Å². The molecule has 5 heteroatoms. The zero-order valence-electron chi connectivity index (χ0n) is 8.87. The fraction of sp³-hybridized carbons (Fsp3) is 0.364. The molecule has 0 radical (unpaired) electrons. The molecule has 1 aromatic rings. The third-order valence-electron chi connectivity index (χ3n) is 2.11. The number of nitrogens with zero attached hydrogens (tertiary/aromatic N) is 2. The molecule has 0 spiro atoms. The van der Waals surface area contributed by atoms with Crippen LogP contribution in [-0.4, -0.2) is 18.8 Å². The van der Waals surface area contributed by atoms with Gasteiger partial charge in [-0.25, -0.2) is 4.79 Å². The van der Waals surface area contributed by atoms with E-state index in [0.29, 0.717) is 6.61 Å². The second kappa shape index (κ2) is 4.85. The van der Waals surface area contributed by atoms with Crippen molar-refractivity contribution in [2.24, 2.45) is 10.2 Å². The maximum Gasteiger partial charge on any atom is 0.360 e. The third-order valence-corrected chi connectivity index (χ3v) is 2.11. The molecule has 0 amide bonds. The van der Waals surface area contributed by atoms with Gasteiger partial charge in [0.25, 0.3) is 6.23 Å². The minimum absolute atomic E-state index is 0.310. The quantitative estimate of drug-likeness (QED) is 0.732. The summed E-state index contributed by atoms with van der Waals surface area (Å²) < 4.78 is 10.1. The van der Waals surface area contributed by atoms with Crippen LogP contribution in [0.5, 0.6) is 0 Å². The van der Waals surface area contributed by atoms with Crippen LogP contribution in [0, 0.1) is 0 Å². The highest BCUT2D eigenvalue weighted by Crippen LogP contribution is 2.27. The van der Waals surface area contributed by atoms with E-state index in [2.05, 4.69) is 10.2 Å². The van der Waals surface area contributed by atoms with Crippen LogP contribution in [0.3, 0.4) is 0 Å². The van der Waals surface area contributed by atoms with E-state index >= 15 is 0 Å². The summed E-state index contributed by atoms with van der Waals surface area (Å²) in [4.78, 5) is 11.3. The SMILES string of the molecule is CCOC(=O)C1N=NC(c2ccccc2)O1. The first-order valence-corrected chi connectivity index (χ1v) is 5.08. The van der Waals surface area contributed by atoms with Gasteiger partial charge >= 0.3 is 5.97 Å². The zero-order chi connectivity index (χ0) is 11.4. The van der Waals surface area contributed by atoms with Crippen molar-refractivity contribution in [2.75, 3.05) is 6.61 Å². The zero-order valence-corrected chi connectivity index (χ0v) is 8.87. The van der Waals surface area contributed by atoms with Gasteiger partial charge in [0.15, 0.2) is 6.23 Å². The Balaban J connectivity index is 2.00. The molecule has 0 aromatic heterocycles. The maximum absolute atomic E-state index is 11.3. The largest absolute Gasteiger partial charge is 0.463 e. The van der Waals surface area contributed by atoms with Crippen LogP contribution in [0.2, 0.25) is 0 Å². The van der Waals surface area contributed by atoms with E-state index in [1.54, 1.807) is 6.92 Å². The van der Waals surface area contributed by atoms with Gasteiger partial charge in [0.2, 0.25) is 0 Å². The number of carbonyl (C=O) groups excluding carboxylic acids is 1. The van der Waals surface area contributed by atoms with Crippen molar-refractivity contribution in [3.63, 3.8) is 0 Å². The molecule has 16 heavy (non-hydrogen) atoms. The Morgan fingerprint density at radius 2 is 2.12 bits per heavy atom. The molecule has 1 aromatic carbocycles. The van der Waals surface area contributed by atoms with Gasteiger partial charge < -0.3 is 9.47 Å². The summed E-state index contributed by atoms with van der Waals surface area (Å²) in [6.07, 6.45) is -1.43. The first kappa shape index (κ1) is 10.8. The van der Waals surface area contributed by atoms with Gasteiger partial charge in [-0.3, -0.25) is 0 Å². The number of benzene rings is 1. The number of hydrogen-bond donors (Lipinski definition) is 0. The number of azo groups is 1. The lowest BCUT2D eigenvalue weighted by molar-refractivity contribution is -0.156. The Morgan fingerprint density at radius 3 is 2.81 bits per heavy atom. The Morgan fingerprint density at radius 1 is 1.38 bits per heavy atom. The van der Waals surface area contributed by atoms with Gasteiger partial charge in [0.1, 0.15) is 0 Å². The van der Waals surface area contributed by atoms with Crippen molar-refractivity contribution in [3.8, 4) is 0 Å². The van der Waals surface area contributed by atoms with Gasteiger partial charge in [0.05, 0.1) is 6.61 Å². The molecule has 2 atom stereocenters. The maximum atomic E-state index is 11.3. The van der Waals surface area contributed by atoms with Crippen molar-refractivity contribution in [3.05, 3.63) is 35.9 Å². The van der Waals surface area contributed by atoms with E-state index in [0.717, 1.165) is 5.56 Å². The molecule has 84 valence electrons. The lowest BCUT2D eigenvalue weighted by Crippen LogP contribution is -2.22. The lowest BCUT2D eigenvalue weighted by Gasteiger charge is -2.09. The van der Waals surface area contributed by atoms with Crippen LogP contribution in [0.1, 0.15) is 18.7 Å². The first-order chi connectivity index (χ1) is 7.81. The van der Waals surface area contributed by atoms with Crippen LogP contribution in [0.25, 0.3) is 0 Å².